The van der Waals surface area contributed by atoms with Crippen LogP contribution in [0.3, 0.4) is 0 Å². The number of pyridine rings is 1. The van der Waals surface area contributed by atoms with Crippen molar-refractivity contribution in [1.29, 1.82) is 0 Å². The van der Waals surface area contributed by atoms with Crippen LogP contribution in [0.4, 0.5) is 5.13 Å². The van der Waals surface area contributed by atoms with Crippen LogP contribution in [0.5, 0.6) is 0 Å². The number of aliphatic carboxylic acids is 1. The van der Waals surface area contributed by atoms with Gasteiger partial charge in [0.15, 0.2) is 29.8 Å². The predicted molar refractivity (Wildman–Crippen MR) is 123 cm³/mol. The zero-order valence-corrected chi connectivity index (χ0v) is 19.8. The van der Waals surface area contributed by atoms with Crippen LogP contribution < -0.4 is 20.7 Å². The number of nitrogens with one attached hydrogen (secondary N) is 2. The predicted octanol–water partition coefficient (Wildman–Crippen LogP) is -1.66. The van der Waals surface area contributed by atoms with Gasteiger partial charge in [-0.25, -0.2) is 9.97 Å². The molecule has 0 radical (unpaired) electrons. The first-order valence-electron chi connectivity index (χ1n) is 10.2. The number of carboxylic acid groups (broad SMARTS) is 1. The fraction of sp³-hybridized carbons (Fsp3) is 0.250. The van der Waals surface area contributed by atoms with E-state index >= 15 is 0 Å². The Morgan fingerprint density at radius 1 is 1.49 bits per heavy atom. The lowest BCUT2D eigenvalue weighted by atomic mass is 10.0. The quantitative estimate of drug-likeness (QED) is 0.144. The first-order valence-corrected chi connectivity index (χ1v) is 12.1. The topological polar surface area (TPSA) is 183 Å². The number of carbonyl (C=O) groups excluding carboxylic acids is 3. The molecule has 0 aromatic carbocycles. The summed E-state index contributed by atoms with van der Waals surface area (Å²) in [7, 11) is 1.27. The zero-order valence-electron chi connectivity index (χ0n) is 18.1. The molecule has 2 aliphatic heterocycles. The number of aromatic amines is 1. The summed E-state index contributed by atoms with van der Waals surface area (Å²) in [6.45, 7) is 0.245. The van der Waals surface area contributed by atoms with Gasteiger partial charge in [-0.1, -0.05) is 5.16 Å². The zero-order chi connectivity index (χ0) is 24.7. The van der Waals surface area contributed by atoms with Crippen molar-refractivity contribution in [3.05, 3.63) is 47.1 Å². The highest BCUT2D eigenvalue weighted by molar-refractivity contribution is 8.00. The standard InChI is InChI=1S/C20H18N8O5S2/c1-33-26-13(12-7-35-20(21)24-12)16(29)25-14-17(30)28-15(19(31)32)9(6-34-18(14)28)4-27-3-2-10-11(5-27)23-8-22-10/h2-3,5,7-8,14,18H,4,6H2,1H3,(H4,21,24,25,29,31,32)/b26-13-/t14-,18-/m1/s1. The lowest BCUT2D eigenvalue weighted by Crippen LogP contribution is -2.71. The van der Waals surface area contributed by atoms with Crippen LogP contribution in [0.25, 0.3) is 11.0 Å². The Morgan fingerprint density at radius 2 is 2.31 bits per heavy atom. The molecule has 180 valence electrons. The number of thioether (sulfide) groups is 1. The number of aromatic nitrogens is 4. The van der Waals surface area contributed by atoms with Crippen LogP contribution in [0.1, 0.15) is 5.69 Å². The highest BCUT2D eigenvalue weighted by Crippen LogP contribution is 2.40. The van der Waals surface area contributed by atoms with Crippen molar-refractivity contribution in [1.82, 2.24) is 25.2 Å². The van der Waals surface area contributed by atoms with Gasteiger partial charge in [0, 0.05) is 22.8 Å². The number of carboxylic acids is 1. The molecule has 5 rings (SSSR count). The van der Waals surface area contributed by atoms with Gasteiger partial charge in [0.2, 0.25) is 0 Å². The van der Waals surface area contributed by atoms with Crippen molar-refractivity contribution < 1.29 is 28.9 Å². The number of oxime groups is 1. The average molecular weight is 515 g/mol. The molecule has 3 aromatic heterocycles. The summed E-state index contributed by atoms with van der Waals surface area (Å²) in [6, 6.07) is 0.856. The van der Waals surface area contributed by atoms with Crippen LogP contribution >= 0.6 is 23.1 Å². The minimum Gasteiger partial charge on any atom is -0.543 e. The van der Waals surface area contributed by atoms with Crippen LogP contribution in [-0.4, -0.2) is 67.6 Å². The molecule has 0 bridgehead atoms. The van der Waals surface area contributed by atoms with Crippen LogP contribution in [0.2, 0.25) is 0 Å². The number of hydrogen-bond donors (Lipinski definition) is 3. The van der Waals surface area contributed by atoms with Crippen LogP contribution in [0.15, 0.2) is 46.6 Å². The number of amides is 2. The summed E-state index contributed by atoms with van der Waals surface area (Å²) < 4.78 is 1.80. The van der Waals surface area contributed by atoms with E-state index in [4.69, 9.17) is 10.6 Å². The van der Waals surface area contributed by atoms with E-state index in [2.05, 4.69) is 25.4 Å². The van der Waals surface area contributed by atoms with E-state index in [-0.39, 0.29) is 28.8 Å². The number of thiazole rings is 1. The highest BCUT2D eigenvalue weighted by atomic mass is 32.2. The van der Waals surface area contributed by atoms with E-state index in [0.29, 0.717) is 11.3 Å². The van der Waals surface area contributed by atoms with Crippen molar-refractivity contribution in [2.45, 2.75) is 18.0 Å². The van der Waals surface area contributed by atoms with Gasteiger partial charge >= 0.3 is 0 Å². The fourth-order valence-electron chi connectivity index (χ4n) is 3.94. The molecule has 35 heavy (non-hydrogen) atoms. The number of nitrogens with two attached hydrogens (primary N) is 1. The fourth-order valence-corrected chi connectivity index (χ4v) is 5.82. The van der Waals surface area contributed by atoms with Gasteiger partial charge in [0.1, 0.15) is 35.3 Å². The second-order valence-electron chi connectivity index (χ2n) is 7.61. The molecule has 2 amide bonds. The summed E-state index contributed by atoms with van der Waals surface area (Å²) in [5.74, 6) is -2.37. The summed E-state index contributed by atoms with van der Waals surface area (Å²) in [6.07, 6.45) is 5.16. The number of anilines is 1. The normalized spacial score (nSPS) is 20.0. The maximum absolute atomic E-state index is 13.0. The third-order valence-electron chi connectivity index (χ3n) is 5.48. The number of hydrogen-bond acceptors (Lipinski definition) is 11. The second kappa shape index (κ2) is 8.99. The molecule has 3 aromatic rings. The monoisotopic (exact) mass is 514 g/mol. The van der Waals surface area contributed by atoms with E-state index < -0.39 is 29.2 Å². The Labute approximate surface area is 205 Å². The Kier molecular flexibility index (Phi) is 5.86. The van der Waals surface area contributed by atoms with Gasteiger partial charge in [0.25, 0.3) is 11.8 Å². The number of imidazole rings is 1. The summed E-state index contributed by atoms with van der Waals surface area (Å²) in [4.78, 5) is 54.9. The number of β-lactam (4-membered cyclic amide) rings is 1. The molecule has 0 saturated carbocycles. The third kappa shape index (κ3) is 4.08. The van der Waals surface area contributed by atoms with Crippen molar-refractivity contribution in [3.63, 3.8) is 0 Å². The first kappa shape index (κ1) is 22.8. The molecule has 2 atom stereocenters. The van der Waals surface area contributed by atoms with E-state index in [9.17, 15) is 19.5 Å². The Morgan fingerprint density at radius 3 is 3.03 bits per heavy atom. The van der Waals surface area contributed by atoms with Crippen LogP contribution in [0, 0.1) is 0 Å². The molecule has 1 fully saturated rings. The summed E-state index contributed by atoms with van der Waals surface area (Å²) in [5, 5.41) is 19.5. The number of nitrogen functional groups attached to an aromatic ring is 1. The van der Waals surface area contributed by atoms with Crippen LogP contribution in [-0.2, 0) is 25.8 Å². The van der Waals surface area contributed by atoms with Crippen molar-refractivity contribution >= 4 is 62.8 Å². The molecule has 5 heterocycles. The molecule has 4 N–H and O–H groups in total. The summed E-state index contributed by atoms with van der Waals surface area (Å²) >= 11 is 2.47. The minimum absolute atomic E-state index is 0.144. The minimum atomic E-state index is -1.45. The van der Waals surface area contributed by atoms with Crippen molar-refractivity contribution in [2.75, 3.05) is 18.6 Å². The Balaban J connectivity index is 1.36. The molecule has 2 aliphatic rings. The largest absolute Gasteiger partial charge is 0.543 e. The molecule has 1 saturated heterocycles. The second-order valence-corrected chi connectivity index (χ2v) is 9.61. The van der Waals surface area contributed by atoms with Gasteiger partial charge < -0.3 is 30.8 Å². The Bertz CT molecular complexity index is 1410. The van der Waals surface area contributed by atoms with E-state index in [1.807, 2.05) is 6.20 Å². The lowest BCUT2D eigenvalue weighted by molar-refractivity contribution is -0.687. The van der Waals surface area contributed by atoms with Gasteiger partial charge in [-0.2, -0.15) is 4.57 Å². The van der Waals surface area contributed by atoms with E-state index in [1.54, 1.807) is 28.5 Å². The number of carbonyl (C=O) groups is 3. The van der Waals surface area contributed by atoms with Gasteiger partial charge in [-0.15, -0.1) is 23.1 Å². The maximum atomic E-state index is 13.0. The van der Waals surface area contributed by atoms with Gasteiger partial charge in [-0.3, -0.25) is 14.5 Å². The molecular weight excluding hydrogens is 496 g/mol. The molecule has 0 unspecified atom stereocenters. The van der Waals surface area contributed by atoms with Gasteiger partial charge in [-0.05, 0) is 0 Å². The first-order chi connectivity index (χ1) is 16.9. The molecule has 15 heteroatoms. The molecular formula is C20H18N8O5S2. The number of rotatable bonds is 7. The lowest BCUT2D eigenvalue weighted by Gasteiger charge is -2.50. The third-order valence-corrected chi connectivity index (χ3v) is 7.49. The number of H-pyrrole nitrogens is 1. The maximum Gasteiger partial charge on any atom is 0.276 e. The molecule has 13 nitrogen and oxygen atoms in total. The van der Waals surface area contributed by atoms with Crippen molar-refractivity contribution in [2.24, 2.45) is 5.16 Å². The summed E-state index contributed by atoms with van der Waals surface area (Å²) in [5.41, 5.74) is 7.61. The highest BCUT2D eigenvalue weighted by Gasteiger charge is 2.53. The van der Waals surface area contributed by atoms with Gasteiger partial charge in [0.05, 0.1) is 18.0 Å². The Hall–Kier alpha value is -3.98. The van der Waals surface area contributed by atoms with E-state index in [1.165, 1.54) is 18.9 Å². The molecule has 0 spiro atoms. The SMILES string of the molecule is CO/N=C(\C(=O)N[C@@H]1C(=O)N2C(C(=O)[O-])=C(C[n+]3ccc4nc[nH]c4c3)CS[C@H]12)c1csc(N)n1. The van der Waals surface area contributed by atoms with Crippen molar-refractivity contribution in [3.8, 4) is 0 Å². The average Bonchev–Trinajstić information content (AvgIpc) is 3.48. The molecule has 0 aliphatic carbocycles. The smallest absolute Gasteiger partial charge is 0.276 e. The number of fused-ring (bicyclic) bond motifs is 2. The van der Waals surface area contributed by atoms with E-state index in [0.717, 1.165) is 27.3 Å². The number of nitrogens with zero attached hydrogens (tertiary/aromatic N) is 5.